The van der Waals surface area contributed by atoms with E-state index in [1.165, 1.54) is 12.1 Å². The summed E-state index contributed by atoms with van der Waals surface area (Å²) in [5.74, 6) is 0.207. The molecule has 0 aliphatic rings. The third kappa shape index (κ3) is 3.44. The first-order valence-electron chi connectivity index (χ1n) is 7.36. The fourth-order valence-corrected chi connectivity index (χ4v) is 2.28. The Morgan fingerprint density at radius 3 is 2.61 bits per heavy atom. The molecule has 0 aliphatic carbocycles. The molecule has 1 aromatic carbocycles. The fourth-order valence-electron chi connectivity index (χ4n) is 2.28. The number of oxazole rings is 1. The molecule has 0 atom stereocenters. The van der Waals surface area contributed by atoms with Crippen LogP contribution in [-0.4, -0.2) is 19.7 Å². The van der Waals surface area contributed by atoms with Gasteiger partial charge in [0, 0.05) is 18.1 Å². The van der Waals surface area contributed by atoms with E-state index in [-0.39, 0.29) is 11.5 Å². The van der Waals surface area contributed by atoms with Gasteiger partial charge in [-0.15, -0.1) is 0 Å². The van der Waals surface area contributed by atoms with Gasteiger partial charge in [0.1, 0.15) is 29.4 Å². The number of hydrogen-bond donors (Lipinski definition) is 0. The van der Waals surface area contributed by atoms with Crippen LogP contribution in [0.4, 0.5) is 8.78 Å². The molecule has 0 radical (unpaired) electrons. The fraction of sp³-hybridized carbons (Fsp3) is 0.312. The molecule has 7 heteroatoms. The van der Waals surface area contributed by atoms with Crippen LogP contribution in [0, 0.1) is 18.6 Å². The van der Waals surface area contributed by atoms with Crippen LogP contribution < -0.4 is 0 Å². The van der Waals surface area contributed by atoms with Crippen molar-refractivity contribution in [1.82, 2.24) is 19.7 Å². The molecule has 0 N–H and O–H groups in total. The Hall–Kier alpha value is -2.57. The maximum absolute atomic E-state index is 13.3. The van der Waals surface area contributed by atoms with E-state index in [2.05, 4.69) is 22.0 Å². The molecule has 2 aromatic heterocycles. The van der Waals surface area contributed by atoms with Crippen molar-refractivity contribution in [2.75, 3.05) is 0 Å². The van der Waals surface area contributed by atoms with Gasteiger partial charge in [-0.2, -0.15) is 5.10 Å². The lowest BCUT2D eigenvalue weighted by atomic mass is 10.2. The molecular formula is C16H16F2N4O. The van der Waals surface area contributed by atoms with Crippen molar-refractivity contribution in [2.24, 2.45) is 0 Å². The average Bonchev–Trinajstić information content (AvgIpc) is 3.06. The summed E-state index contributed by atoms with van der Waals surface area (Å²) in [6.07, 6.45) is 3.43. The summed E-state index contributed by atoms with van der Waals surface area (Å²) in [5, 5.41) is 4.35. The smallest absolute Gasteiger partial charge is 0.226 e. The monoisotopic (exact) mass is 318 g/mol. The van der Waals surface area contributed by atoms with Crippen LogP contribution in [0.25, 0.3) is 11.5 Å². The molecule has 0 fully saturated rings. The minimum absolute atomic E-state index is 0.185. The third-order valence-electron chi connectivity index (χ3n) is 3.37. The number of aromatic nitrogens is 4. The molecule has 5 nitrogen and oxygen atoms in total. The average molecular weight is 318 g/mol. The van der Waals surface area contributed by atoms with E-state index in [9.17, 15) is 8.78 Å². The molecule has 0 unspecified atom stereocenters. The zero-order chi connectivity index (χ0) is 16.4. The van der Waals surface area contributed by atoms with Gasteiger partial charge in [0.15, 0.2) is 5.82 Å². The quantitative estimate of drug-likeness (QED) is 0.722. The maximum atomic E-state index is 13.3. The zero-order valence-electron chi connectivity index (χ0n) is 12.9. The second-order valence-electron chi connectivity index (χ2n) is 5.29. The van der Waals surface area contributed by atoms with Crippen LogP contribution in [0.1, 0.15) is 30.6 Å². The van der Waals surface area contributed by atoms with Crippen molar-refractivity contribution >= 4 is 0 Å². The number of aryl methyl sites for hydroxylation is 2. The topological polar surface area (TPSA) is 56.7 Å². The lowest BCUT2D eigenvalue weighted by Gasteiger charge is -1.97. The molecule has 120 valence electrons. The van der Waals surface area contributed by atoms with Gasteiger partial charge in [-0.1, -0.05) is 6.92 Å². The summed E-state index contributed by atoms with van der Waals surface area (Å²) in [4.78, 5) is 8.54. The SMILES string of the molecule is CCCc1ncn(Cc2nc(-c3cc(F)cc(F)c3)oc2C)n1. The van der Waals surface area contributed by atoms with Gasteiger partial charge in [0.05, 0.1) is 6.54 Å². The van der Waals surface area contributed by atoms with Gasteiger partial charge in [-0.05, 0) is 25.5 Å². The number of halogens is 2. The van der Waals surface area contributed by atoms with Gasteiger partial charge in [0.25, 0.3) is 0 Å². The van der Waals surface area contributed by atoms with E-state index in [4.69, 9.17) is 4.42 Å². The van der Waals surface area contributed by atoms with E-state index >= 15 is 0 Å². The first-order valence-corrected chi connectivity index (χ1v) is 7.36. The van der Waals surface area contributed by atoms with E-state index in [1.807, 2.05) is 0 Å². The van der Waals surface area contributed by atoms with E-state index in [0.717, 1.165) is 24.7 Å². The van der Waals surface area contributed by atoms with E-state index in [0.29, 0.717) is 18.0 Å². The van der Waals surface area contributed by atoms with Crippen LogP contribution in [0.3, 0.4) is 0 Å². The minimum atomic E-state index is -0.669. The summed E-state index contributed by atoms with van der Waals surface area (Å²) in [7, 11) is 0. The molecular weight excluding hydrogens is 302 g/mol. The molecule has 2 heterocycles. The van der Waals surface area contributed by atoms with Gasteiger partial charge in [-0.3, -0.25) is 0 Å². The Morgan fingerprint density at radius 2 is 1.91 bits per heavy atom. The summed E-state index contributed by atoms with van der Waals surface area (Å²) in [5.41, 5.74) is 0.916. The first-order chi connectivity index (χ1) is 11.0. The molecule has 3 rings (SSSR count). The van der Waals surface area contributed by atoms with Crippen molar-refractivity contribution < 1.29 is 13.2 Å². The van der Waals surface area contributed by atoms with E-state index < -0.39 is 11.6 Å². The van der Waals surface area contributed by atoms with Gasteiger partial charge in [0.2, 0.25) is 5.89 Å². The van der Waals surface area contributed by atoms with Crippen LogP contribution >= 0.6 is 0 Å². The second-order valence-corrected chi connectivity index (χ2v) is 5.29. The predicted octanol–water partition coefficient (Wildman–Crippen LogP) is 3.52. The third-order valence-corrected chi connectivity index (χ3v) is 3.37. The van der Waals surface area contributed by atoms with Crippen molar-refractivity contribution in [2.45, 2.75) is 33.2 Å². The van der Waals surface area contributed by atoms with Crippen molar-refractivity contribution in [1.29, 1.82) is 0 Å². The molecule has 0 amide bonds. The van der Waals surface area contributed by atoms with Crippen LogP contribution in [-0.2, 0) is 13.0 Å². The molecule has 0 bridgehead atoms. The van der Waals surface area contributed by atoms with Gasteiger partial charge >= 0.3 is 0 Å². The Kier molecular flexibility index (Phi) is 4.18. The summed E-state index contributed by atoms with van der Waals surface area (Å²) >= 11 is 0. The molecule has 0 saturated heterocycles. The normalized spacial score (nSPS) is 11.1. The highest BCUT2D eigenvalue weighted by atomic mass is 19.1. The number of benzene rings is 1. The first kappa shape index (κ1) is 15.3. The highest BCUT2D eigenvalue weighted by molar-refractivity contribution is 5.53. The molecule has 3 aromatic rings. The van der Waals surface area contributed by atoms with Gasteiger partial charge in [-0.25, -0.2) is 23.4 Å². The zero-order valence-corrected chi connectivity index (χ0v) is 12.9. The Bertz CT molecular complexity index is 805. The standard InChI is InChI=1S/C16H16F2N4O/c1-3-4-15-19-9-22(21-15)8-14-10(2)23-16(20-14)11-5-12(17)7-13(18)6-11/h5-7,9H,3-4,8H2,1-2H3. The second kappa shape index (κ2) is 6.28. The molecule has 0 spiro atoms. The minimum Gasteiger partial charge on any atom is -0.441 e. The Morgan fingerprint density at radius 1 is 1.17 bits per heavy atom. The largest absolute Gasteiger partial charge is 0.441 e. The van der Waals surface area contributed by atoms with Crippen LogP contribution in [0.5, 0.6) is 0 Å². The van der Waals surface area contributed by atoms with Gasteiger partial charge < -0.3 is 4.42 Å². The summed E-state index contributed by atoms with van der Waals surface area (Å²) < 4.78 is 33.8. The Balaban J connectivity index is 1.85. The highest BCUT2D eigenvalue weighted by Gasteiger charge is 2.14. The van der Waals surface area contributed by atoms with Crippen molar-refractivity contribution in [3.8, 4) is 11.5 Å². The van der Waals surface area contributed by atoms with Crippen molar-refractivity contribution in [3.05, 3.63) is 53.4 Å². The lowest BCUT2D eigenvalue weighted by molar-refractivity contribution is 0.532. The van der Waals surface area contributed by atoms with E-state index in [1.54, 1.807) is 17.9 Å². The summed E-state index contributed by atoms with van der Waals surface area (Å²) in [6, 6.07) is 3.19. The summed E-state index contributed by atoms with van der Waals surface area (Å²) in [6.45, 7) is 4.21. The Labute approximate surface area is 132 Å². The number of rotatable bonds is 5. The molecule has 23 heavy (non-hydrogen) atoms. The van der Waals surface area contributed by atoms with Crippen molar-refractivity contribution in [3.63, 3.8) is 0 Å². The predicted molar refractivity (Wildman–Crippen MR) is 79.7 cm³/mol. The van der Waals surface area contributed by atoms with Crippen LogP contribution in [0.2, 0.25) is 0 Å². The lowest BCUT2D eigenvalue weighted by Crippen LogP contribution is -2.02. The van der Waals surface area contributed by atoms with Crippen LogP contribution in [0.15, 0.2) is 28.9 Å². The molecule has 0 aliphatic heterocycles. The number of nitrogens with zero attached hydrogens (tertiary/aromatic N) is 4. The number of hydrogen-bond acceptors (Lipinski definition) is 4. The molecule has 0 saturated carbocycles. The maximum Gasteiger partial charge on any atom is 0.226 e. The highest BCUT2D eigenvalue weighted by Crippen LogP contribution is 2.24.